The van der Waals surface area contributed by atoms with Crippen LogP contribution in [-0.2, 0) is 6.54 Å². The minimum Gasteiger partial charge on any atom is -0.371 e. The van der Waals surface area contributed by atoms with Crippen molar-refractivity contribution >= 4 is 29.1 Å². The number of nitrogens with one attached hydrogen (secondary N) is 1. The van der Waals surface area contributed by atoms with E-state index in [-0.39, 0.29) is 12.4 Å². The van der Waals surface area contributed by atoms with E-state index in [0.29, 0.717) is 0 Å². The normalized spacial score (nSPS) is 19.1. The lowest BCUT2D eigenvalue weighted by Gasteiger charge is -2.23. The van der Waals surface area contributed by atoms with Gasteiger partial charge in [-0.2, -0.15) is 0 Å². The number of hydrogen-bond acceptors (Lipinski definition) is 1. The topological polar surface area (TPSA) is 17.0 Å². The van der Waals surface area contributed by atoms with Crippen molar-refractivity contribution in [2.45, 2.75) is 13.5 Å². The molecule has 1 aromatic heterocycles. The molecule has 0 bridgehead atoms. The van der Waals surface area contributed by atoms with Crippen LogP contribution < -0.4 is 5.32 Å². The van der Waals surface area contributed by atoms with Gasteiger partial charge in [0.1, 0.15) is 5.82 Å². The fraction of sp³-hybridized carbons (Fsp3) is 0.333. The highest BCUT2D eigenvalue weighted by Gasteiger charge is 2.15. The molecule has 1 N–H and O–H groups in total. The number of benzene rings is 1. The maximum Gasteiger partial charge on any atom is 0.106 e. The molecule has 80 valence electrons. The Morgan fingerprint density at radius 1 is 1.33 bits per heavy atom. The molecule has 1 unspecified atom stereocenters. The quantitative estimate of drug-likeness (QED) is 0.725. The molecule has 0 amide bonds. The number of halogens is 1. The van der Waals surface area contributed by atoms with Gasteiger partial charge in [0.05, 0.1) is 0 Å². The SMILES string of the molecule is CC1CNc2cc3ccccc3n2C1.Cl. The summed E-state index contributed by atoms with van der Waals surface area (Å²) in [6, 6.07) is 10.8. The molecule has 0 fully saturated rings. The van der Waals surface area contributed by atoms with Crippen LogP contribution >= 0.6 is 12.4 Å². The van der Waals surface area contributed by atoms with Crippen LogP contribution in [0.15, 0.2) is 30.3 Å². The second-order valence-corrected chi connectivity index (χ2v) is 4.19. The second kappa shape index (κ2) is 3.78. The van der Waals surface area contributed by atoms with E-state index in [1.807, 2.05) is 0 Å². The van der Waals surface area contributed by atoms with Crippen molar-refractivity contribution in [2.24, 2.45) is 5.92 Å². The Morgan fingerprint density at radius 3 is 3.00 bits per heavy atom. The highest BCUT2D eigenvalue weighted by Crippen LogP contribution is 2.27. The smallest absolute Gasteiger partial charge is 0.106 e. The summed E-state index contributed by atoms with van der Waals surface area (Å²) in [5, 5.41) is 4.80. The van der Waals surface area contributed by atoms with Gasteiger partial charge in [0.2, 0.25) is 0 Å². The van der Waals surface area contributed by atoms with Crippen LogP contribution in [-0.4, -0.2) is 11.1 Å². The zero-order valence-corrected chi connectivity index (χ0v) is 9.55. The van der Waals surface area contributed by atoms with Gasteiger partial charge in [-0.25, -0.2) is 0 Å². The van der Waals surface area contributed by atoms with E-state index in [2.05, 4.69) is 47.1 Å². The number of nitrogens with zero attached hydrogens (tertiary/aromatic N) is 1. The number of para-hydroxylation sites is 1. The van der Waals surface area contributed by atoms with E-state index in [0.717, 1.165) is 19.0 Å². The zero-order valence-electron chi connectivity index (χ0n) is 8.73. The molecular weight excluding hydrogens is 208 g/mol. The van der Waals surface area contributed by atoms with Gasteiger partial charge < -0.3 is 9.88 Å². The van der Waals surface area contributed by atoms with Crippen LogP contribution in [0.2, 0.25) is 0 Å². The Hall–Kier alpha value is -1.15. The molecule has 2 heterocycles. The van der Waals surface area contributed by atoms with E-state index >= 15 is 0 Å². The first-order valence-corrected chi connectivity index (χ1v) is 5.17. The summed E-state index contributed by atoms with van der Waals surface area (Å²) in [7, 11) is 0. The molecular formula is C12H15ClN2. The maximum atomic E-state index is 3.46. The lowest BCUT2D eigenvalue weighted by Crippen LogP contribution is -2.24. The lowest BCUT2D eigenvalue weighted by atomic mass is 10.1. The van der Waals surface area contributed by atoms with Crippen molar-refractivity contribution in [3.05, 3.63) is 30.3 Å². The fourth-order valence-corrected chi connectivity index (χ4v) is 2.21. The highest BCUT2D eigenvalue weighted by molar-refractivity contribution is 5.85. The Labute approximate surface area is 95.7 Å². The van der Waals surface area contributed by atoms with E-state index in [4.69, 9.17) is 0 Å². The molecule has 0 saturated heterocycles. The standard InChI is InChI=1S/C12H14N2.ClH/c1-9-7-13-12-6-10-4-2-3-5-11(10)14(12)8-9;/h2-6,9,13H,7-8H2,1H3;1H. The molecule has 1 aliphatic rings. The molecule has 3 rings (SSSR count). The molecule has 2 aromatic rings. The van der Waals surface area contributed by atoms with Crippen molar-refractivity contribution in [3.63, 3.8) is 0 Å². The van der Waals surface area contributed by atoms with Gasteiger partial charge in [-0.1, -0.05) is 25.1 Å². The van der Waals surface area contributed by atoms with Crippen molar-refractivity contribution in [1.29, 1.82) is 0 Å². The lowest BCUT2D eigenvalue weighted by molar-refractivity contribution is 0.489. The number of rotatable bonds is 0. The van der Waals surface area contributed by atoms with Crippen molar-refractivity contribution in [2.75, 3.05) is 11.9 Å². The molecule has 2 nitrogen and oxygen atoms in total. The summed E-state index contributed by atoms with van der Waals surface area (Å²) >= 11 is 0. The predicted octanol–water partition coefficient (Wildman–Crippen LogP) is 3.12. The summed E-state index contributed by atoms with van der Waals surface area (Å²) in [4.78, 5) is 0. The van der Waals surface area contributed by atoms with Crippen LogP contribution in [0.5, 0.6) is 0 Å². The van der Waals surface area contributed by atoms with Gasteiger partial charge in [-0.05, 0) is 18.1 Å². The first-order chi connectivity index (χ1) is 6.84. The van der Waals surface area contributed by atoms with E-state index in [9.17, 15) is 0 Å². The number of aromatic nitrogens is 1. The van der Waals surface area contributed by atoms with E-state index in [1.54, 1.807) is 0 Å². The maximum absolute atomic E-state index is 3.46. The van der Waals surface area contributed by atoms with Crippen molar-refractivity contribution in [1.82, 2.24) is 4.57 Å². The minimum atomic E-state index is 0. The molecule has 0 saturated carbocycles. The monoisotopic (exact) mass is 222 g/mol. The van der Waals surface area contributed by atoms with Crippen LogP contribution in [0.3, 0.4) is 0 Å². The summed E-state index contributed by atoms with van der Waals surface area (Å²) in [6.07, 6.45) is 0. The largest absolute Gasteiger partial charge is 0.371 e. The van der Waals surface area contributed by atoms with Crippen molar-refractivity contribution in [3.8, 4) is 0 Å². The zero-order chi connectivity index (χ0) is 9.54. The average Bonchev–Trinajstić information content (AvgIpc) is 2.56. The fourth-order valence-electron chi connectivity index (χ4n) is 2.21. The first-order valence-electron chi connectivity index (χ1n) is 5.17. The second-order valence-electron chi connectivity index (χ2n) is 4.19. The molecule has 1 aromatic carbocycles. The Bertz CT molecular complexity index is 475. The summed E-state index contributed by atoms with van der Waals surface area (Å²) in [5.41, 5.74) is 1.35. The molecule has 3 heteroatoms. The summed E-state index contributed by atoms with van der Waals surface area (Å²) in [5.74, 6) is 1.99. The van der Waals surface area contributed by atoms with Crippen LogP contribution in [0.25, 0.3) is 10.9 Å². The van der Waals surface area contributed by atoms with Crippen LogP contribution in [0.1, 0.15) is 6.92 Å². The number of anilines is 1. The first kappa shape index (κ1) is 10.4. The molecule has 0 spiro atoms. The minimum absolute atomic E-state index is 0. The molecule has 1 aliphatic heterocycles. The van der Waals surface area contributed by atoms with Gasteiger partial charge in [0, 0.05) is 24.0 Å². The molecule has 0 aliphatic carbocycles. The van der Waals surface area contributed by atoms with E-state index in [1.165, 1.54) is 16.7 Å². The third kappa shape index (κ3) is 1.59. The van der Waals surface area contributed by atoms with Gasteiger partial charge in [0.15, 0.2) is 0 Å². The summed E-state index contributed by atoms with van der Waals surface area (Å²) < 4.78 is 2.38. The third-order valence-corrected chi connectivity index (χ3v) is 2.94. The Kier molecular flexibility index (Phi) is 2.61. The van der Waals surface area contributed by atoms with Crippen LogP contribution in [0.4, 0.5) is 5.82 Å². The number of fused-ring (bicyclic) bond motifs is 3. The van der Waals surface area contributed by atoms with Crippen LogP contribution in [0, 0.1) is 5.92 Å². The molecule has 0 radical (unpaired) electrons. The predicted molar refractivity (Wildman–Crippen MR) is 66.8 cm³/mol. The third-order valence-electron chi connectivity index (χ3n) is 2.94. The van der Waals surface area contributed by atoms with Gasteiger partial charge >= 0.3 is 0 Å². The van der Waals surface area contributed by atoms with Gasteiger partial charge in [0.25, 0.3) is 0 Å². The van der Waals surface area contributed by atoms with Gasteiger partial charge in [-0.3, -0.25) is 0 Å². The Balaban J connectivity index is 0.000000853. The summed E-state index contributed by atoms with van der Waals surface area (Å²) in [6.45, 7) is 4.51. The number of hydrogen-bond donors (Lipinski definition) is 1. The van der Waals surface area contributed by atoms with Gasteiger partial charge in [-0.15, -0.1) is 12.4 Å². The van der Waals surface area contributed by atoms with Crippen molar-refractivity contribution < 1.29 is 0 Å². The molecule has 15 heavy (non-hydrogen) atoms. The molecule has 1 atom stereocenters. The Morgan fingerprint density at radius 2 is 2.13 bits per heavy atom. The highest BCUT2D eigenvalue weighted by atomic mass is 35.5. The van der Waals surface area contributed by atoms with E-state index < -0.39 is 0 Å². The average molecular weight is 223 g/mol.